The van der Waals surface area contributed by atoms with Gasteiger partial charge in [-0.1, -0.05) is 68.4 Å². The molecule has 4 aromatic rings. The number of hydrogen-bond acceptors (Lipinski definition) is 9. The molecule has 0 saturated heterocycles. The largest absolute Gasteiger partial charge is 0.519 e. The summed E-state index contributed by atoms with van der Waals surface area (Å²) in [5.74, 6) is 2.01. The van der Waals surface area contributed by atoms with E-state index in [0.717, 1.165) is 54.5 Å². The third-order valence-electron chi connectivity index (χ3n) is 9.32. The summed E-state index contributed by atoms with van der Waals surface area (Å²) in [6.45, 7) is 13.5. The second kappa shape index (κ2) is 18.4. The summed E-state index contributed by atoms with van der Waals surface area (Å²) in [6, 6.07) is 31.1. The molecular formula is C42H54O9Si2. The highest BCUT2D eigenvalue weighted by Gasteiger charge is 2.32. The van der Waals surface area contributed by atoms with Crippen molar-refractivity contribution in [3.05, 3.63) is 113 Å². The Hall–Kier alpha value is -4.59. The zero-order chi connectivity index (χ0) is 38.6. The highest BCUT2D eigenvalue weighted by atomic mass is 28.4. The molecule has 0 aromatic heterocycles. The van der Waals surface area contributed by atoms with E-state index in [2.05, 4.69) is 56.9 Å². The lowest BCUT2D eigenvalue weighted by atomic mass is 9.78. The lowest BCUT2D eigenvalue weighted by Crippen LogP contribution is -2.44. The molecule has 0 N–H and O–H groups in total. The summed E-state index contributed by atoms with van der Waals surface area (Å²) in [5, 5.41) is 0. The highest BCUT2D eigenvalue weighted by Crippen LogP contribution is 2.34. The van der Waals surface area contributed by atoms with Crippen molar-refractivity contribution in [2.45, 2.75) is 83.2 Å². The van der Waals surface area contributed by atoms with Gasteiger partial charge in [0.2, 0.25) is 0 Å². The summed E-state index contributed by atoms with van der Waals surface area (Å²) in [4.78, 5) is 24.2. The van der Waals surface area contributed by atoms with Gasteiger partial charge in [-0.3, -0.25) is 0 Å². The van der Waals surface area contributed by atoms with Gasteiger partial charge in [-0.2, -0.15) is 0 Å². The normalized spacial score (nSPS) is 11.8. The van der Waals surface area contributed by atoms with Gasteiger partial charge in [-0.05, 0) is 123 Å². The minimum absolute atomic E-state index is 0.198. The molecule has 284 valence electrons. The van der Waals surface area contributed by atoms with Crippen molar-refractivity contribution in [1.29, 1.82) is 0 Å². The summed E-state index contributed by atoms with van der Waals surface area (Å²) in [5.41, 5.74) is 4.32. The number of aryl methyl sites for hydroxylation is 2. The van der Waals surface area contributed by atoms with E-state index in [1.807, 2.05) is 54.6 Å². The Balaban J connectivity index is 1.24. The zero-order valence-electron chi connectivity index (χ0n) is 32.6. The van der Waals surface area contributed by atoms with Gasteiger partial charge in [-0.25, -0.2) is 9.59 Å². The van der Waals surface area contributed by atoms with Crippen molar-refractivity contribution in [2.75, 3.05) is 21.3 Å². The number of ether oxygens (including phenoxy) is 6. The predicted molar refractivity (Wildman–Crippen MR) is 213 cm³/mol. The highest BCUT2D eigenvalue weighted by molar-refractivity contribution is 6.84. The maximum Gasteiger partial charge on any atom is 0.519 e. The fourth-order valence-electron chi connectivity index (χ4n) is 6.49. The Morgan fingerprint density at radius 1 is 0.566 bits per heavy atom. The number of hydrogen-bond donors (Lipinski definition) is 0. The number of benzene rings is 4. The first-order valence-electron chi connectivity index (χ1n) is 18.0. The van der Waals surface area contributed by atoms with Gasteiger partial charge in [0.15, 0.2) is 39.6 Å². The molecule has 0 unspecified atom stereocenters. The molecule has 0 amide bonds. The first kappa shape index (κ1) is 41.2. The third kappa shape index (κ3) is 12.2. The molecule has 0 atom stereocenters. The second-order valence-electron chi connectivity index (χ2n) is 14.8. The van der Waals surface area contributed by atoms with E-state index in [4.69, 9.17) is 27.8 Å². The van der Waals surface area contributed by atoms with Crippen LogP contribution in [0, 0.1) is 0 Å². The second-order valence-corrected chi connectivity index (χ2v) is 23.7. The van der Waals surface area contributed by atoms with Crippen molar-refractivity contribution in [2.24, 2.45) is 0 Å². The van der Waals surface area contributed by atoms with Crippen LogP contribution in [-0.4, -0.2) is 50.3 Å². The van der Waals surface area contributed by atoms with Crippen LogP contribution >= 0.6 is 0 Å². The van der Waals surface area contributed by atoms with E-state index in [-0.39, 0.29) is 5.41 Å². The Morgan fingerprint density at radius 3 is 1.51 bits per heavy atom. The molecule has 0 heterocycles. The van der Waals surface area contributed by atoms with Crippen LogP contribution in [0.1, 0.15) is 48.9 Å². The van der Waals surface area contributed by atoms with Crippen LogP contribution in [0.25, 0.3) is 0 Å². The minimum atomic E-state index is -1.92. The molecule has 4 rings (SSSR count). The van der Waals surface area contributed by atoms with Crippen molar-refractivity contribution in [3.8, 4) is 28.7 Å². The summed E-state index contributed by atoms with van der Waals surface area (Å²) >= 11 is 0. The Morgan fingerprint density at radius 2 is 1.04 bits per heavy atom. The van der Waals surface area contributed by atoms with E-state index in [1.54, 1.807) is 38.5 Å². The molecule has 0 aliphatic heterocycles. The molecule has 9 nitrogen and oxygen atoms in total. The summed E-state index contributed by atoms with van der Waals surface area (Å²) in [7, 11) is 0.548. The molecule has 0 saturated carbocycles. The third-order valence-corrected chi connectivity index (χ3v) is 16.9. The average Bonchev–Trinajstić information content (AvgIpc) is 3.12. The van der Waals surface area contributed by atoms with Crippen LogP contribution in [0.3, 0.4) is 0 Å². The van der Waals surface area contributed by atoms with Gasteiger partial charge in [-0.15, -0.1) is 0 Å². The van der Waals surface area contributed by atoms with Gasteiger partial charge in [0, 0.05) is 5.41 Å². The summed E-state index contributed by atoms with van der Waals surface area (Å²) in [6.07, 6.45) is 2.09. The van der Waals surface area contributed by atoms with Crippen LogP contribution in [0.4, 0.5) is 9.59 Å². The predicted octanol–water partition coefficient (Wildman–Crippen LogP) is 10.7. The van der Waals surface area contributed by atoms with Gasteiger partial charge >= 0.3 is 12.3 Å². The molecule has 0 spiro atoms. The van der Waals surface area contributed by atoms with Gasteiger partial charge in [0.25, 0.3) is 0 Å². The summed E-state index contributed by atoms with van der Waals surface area (Å²) < 4.78 is 38.7. The maximum atomic E-state index is 12.7. The Bertz CT molecular complexity index is 1810. The number of carbonyl (C=O) groups excluding carboxylic acids is 2. The van der Waals surface area contributed by atoms with Crippen LogP contribution in [0.2, 0.25) is 38.3 Å². The molecule has 0 fully saturated rings. The van der Waals surface area contributed by atoms with E-state index in [1.165, 1.54) is 12.7 Å². The van der Waals surface area contributed by atoms with Gasteiger partial charge in [0.1, 0.15) is 5.75 Å². The van der Waals surface area contributed by atoms with E-state index < -0.39 is 28.9 Å². The Labute approximate surface area is 316 Å². The van der Waals surface area contributed by atoms with Crippen molar-refractivity contribution in [1.82, 2.24) is 0 Å². The van der Waals surface area contributed by atoms with Crippen LogP contribution in [0.5, 0.6) is 28.7 Å². The topological polar surface area (TPSA) is 98.8 Å². The molecule has 53 heavy (non-hydrogen) atoms. The molecule has 0 bridgehead atoms. The first-order valence-corrected chi connectivity index (χ1v) is 24.2. The lowest BCUT2D eigenvalue weighted by molar-refractivity contribution is 0.120. The van der Waals surface area contributed by atoms with E-state index >= 15 is 0 Å². The van der Waals surface area contributed by atoms with Crippen LogP contribution in [0.15, 0.2) is 91.0 Å². The minimum Gasteiger partial charge on any atom is -0.493 e. The average molecular weight is 759 g/mol. The van der Waals surface area contributed by atoms with Crippen molar-refractivity contribution in [3.63, 3.8) is 0 Å². The molecule has 11 heteroatoms. The molecule has 0 aliphatic rings. The number of carbonyl (C=O) groups is 2. The fourth-order valence-corrected chi connectivity index (χ4v) is 15.3. The van der Waals surface area contributed by atoms with Crippen molar-refractivity contribution < 1.29 is 42.1 Å². The van der Waals surface area contributed by atoms with Crippen molar-refractivity contribution >= 4 is 28.9 Å². The number of rotatable bonds is 17. The standard InChI is InChI=1S/C42H54O9Si2/c1-42(2,33-17-11-10-12-18-33)34-21-23-35(24-22-34)48-41(44)50-37-26-20-32(30-39(37)46-4)16-14-28-53(8,9)51-52(6,7)27-13-15-31-19-25-36(38(29-31)45-3)49-40(43)47-5/h10-12,17-26,29-30H,13-16,27-28H2,1-9H3. The number of methoxy groups -OCH3 is 3. The first-order chi connectivity index (χ1) is 25.1. The SMILES string of the molecule is COC(=O)Oc1ccc(CCC[Si](C)(C)O[Si](C)(C)CCCc2ccc(OC(=O)Oc3ccc(C(C)(C)c4ccccc4)cc3)c(OC)c2)cc1OC. The molecule has 0 radical (unpaired) electrons. The quantitative estimate of drug-likeness (QED) is 0.0592. The lowest BCUT2D eigenvalue weighted by Gasteiger charge is -2.34. The van der Waals surface area contributed by atoms with E-state index in [0.29, 0.717) is 28.7 Å². The Kier molecular flexibility index (Phi) is 14.3. The molecular weight excluding hydrogens is 705 g/mol. The molecule has 0 aliphatic carbocycles. The smallest absolute Gasteiger partial charge is 0.493 e. The fraction of sp³-hybridized carbons (Fsp3) is 0.381. The van der Waals surface area contributed by atoms with Gasteiger partial charge < -0.3 is 32.5 Å². The van der Waals surface area contributed by atoms with Gasteiger partial charge in [0.05, 0.1) is 21.3 Å². The zero-order valence-corrected chi connectivity index (χ0v) is 34.6. The monoisotopic (exact) mass is 758 g/mol. The maximum absolute atomic E-state index is 12.7. The molecule has 4 aromatic carbocycles. The van der Waals surface area contributed by atoms with Crippen LogP contribution in [-0.2, 0) is 27.1 Å². The van der Waals surface area contributed by atoms with Crippen LogP contribution < -0.4 is 23.7 Å². The van der Waals surface area contributed by atoms with E-state index in [9.17, 15) is 9.59 Å².